The summed E-state index contributed by atoms with van der Waals surface area (Å²) in [6, 6.07) is 0. The van der Waals surface area contributed by atoms with E-state index in [1.54, 1.807) is 0 Å². The molecule has 0 aromatic rings. The molecular weight excluding hydrogens is 163 g/mol. The van der Waals surface area contributed by atoms with E-state index in [0.29, 0.717) is 5.41 Å². The van der Waals surface area contributed by atoms with Gasteiger partial charge >= 0.3 is 0 Å². The van der Waals surface area contributed by atoms with Crippen molar-refractivity contribution in [3.63, 3.8) is 0 Å². The van der Waals surface area contributed by atoms with E-state index in [9.17, 15) is 4.39 Å². The van der Waals surface area contributed by atoms with Gasteiger partial charge in [0.15, 0.2) is 0 Å². The molecule has 0 saturated carbocycles. The summed E-state index contributed by atoms with van der Waals surface area (Å²) in [5.41, 5.74) is 0.367. The molecule has 0 saturated heterocycles. The van der Waals surface area contributed by atoms with Crippen LogP contribution in [0, 0.1) is 11.3 Å². The van der Waals surface area contributed by atoms with Gasteiger partial charge in [-0.05, 0) is 17.8 Å². The van der Waals surface area contributed by atoms with Crippen molar-refractivity contribution in [3.05, 3.63) is 0 Å². The van der Waals surface area contributed by atoms with E-state index in [2.05, 4.69) is 20.8 Å². The molecule has 0 aliphatic heterocycles. The van der Waals surface area contributed by atoms with Crippen molar-refractivity contribution in [2.24, 2.45) is 11.3 Å². The largest absolute Gasteiger partial charge is 0.251 e. The van der Waals surface area contributed by atoms with Gasteiger partial charge in [-0.1, -0.05) is 54.4 Å². The summed E-state index contributed by atoms with van der Waals surface area (Å²) < 4.78 is 12.2. The van der Waals surface area contributed by atoms with Crippen LogP contribution in [0.15, 0.2) is 0 Å². The third-order valence-corrected chi connectivity index (χ3v) is 2.81. The molecule has 0 amide bonds. The minimum absolute atomic E-state index is 0.171. The highest BCUT2D eigenvalue weighted by Crippen LogP contribution is 2.33. The molecule has 1 heteroatoms. The zero-order valence-corrected chi connectivity index (χ0v) is 10.3. The van der Waals surface area contributed by atoms with Gasteiger partial charge in [0.1, 0.15) is 0 Å². The Balaban J connectivity index is 0. The molecule has 0 fully saturated rings. The lowest BCUT2D eigenvalue weighted by Crippen LogP contribution is -2.18. The first-order chi connectivity index (χ1) is 6.08. The highest BCUT2D eigenvalue weighted by molar-refractivity contribution is 4.73. The van der Waals surface area contributed by atoms with Crippen LogP contribution in [0.3, 0.4) is 0 Å². The first-order valence-corrected chi connectivity index (χ1v) is 5.64. The summed E-state index contributed by atoms with van der Waals surface area (Å²) >= 11 is 0. The molecular formula is C12H27F. The molecule has 0 aliphatic rings. The van der Waals surface area contributed by atoms with Crippen molar-refractivity contribution in [2.75, 3.05) is 6.67 Å². The van der Waals surface area contributed by atoms with Crippen LogP contribution in [0.5, 0.6) is 0 Å². The van der Waals surface area contributed by atoms with Crippen molar-refractivity contribution in [1.82, 2.24) is 0 Å². The molecule has 0 bridgehead atoms. The monoisotopic (exact) mass is 190 g/mol. The fraction of sp³-hybridized carbons (Fsp3) is 1.00. The maximum absolute atomic E-state index is 12.2. The Labute approximate surface area is 83.9 Å². The van der Waals surface area contributed by atoms with Gasteiger partial charge in [0.05, 0.1) is 6.67 Å². The standard InChI is InChI=1S/C10H21F.C2H6/c1-5-10(4,6-2)7-9(3)8-11;1-2/h9H,5-8H2,1-4H3;1-2H3. The van der Waals surface area contributed by atoms with E-state index in [1.807, 2.05) is 20.8 Å². The van der Waals surface area contributed by atoms with Gasteiger partial charge in [0, 0.05) is 0 Å². The normalized spacial score (nSPS) is 13.2. The van der Waals surface area contributed by atoms with E-state index in [1.165, 1.54) is 0 Å². The topological polar surface area (TPSA) is 0 Å². The predicted octanol–water partition coefficient (Wildman–Crippen LogP) is 4.83. The SMILES string of the molecule is CC.CCC(C)(CC)CC(C)CF. The Morgan fingerprint density at radius 3 is 1.77 bits per heavy atom. The van der Waals surface area contributed by atoms with E-state index >= 15 is 0 Å². The summed E-state index contributed by atoms with van der Waals surface area (Å²) in [6.07, 6.45) is 3.35. The van der Waals surface area contributed by atoms with Crippen LogP contribution >= 0.6 is 0 Å². The maximum Gasteiger partial charge on any atom is 0.0920 e. The highest BCUT2D eigenvalue weighted by Gasteiger charge is 2.22. The molecule has 0 nitrogen and oxygen atoms in total. The average molecular weight is 190 g/mol. The average Bonchev–Trinajstić information content (AvgIpc) is 2.20. The van der Waals surface area contributed by atoms with Crippen LogP contribution in [0.25, 0.3) is 0 Å². The smallest absolute Gasteiger partial charge is 0.0920 e. The number of hydrogen-bond acceptors (Lipinski definition) is 0. The van der Waals surface area contributed by atoms with Crippen LogP contribution in [0.2, 0.25) is 0 Å². The number of hydrogen-bond donors (Lipinski definition) is 0. The molecule has 0 aromatic carbocycles. The fourth-order valence-electron chi connectivity index (χ4n) is 1.43. The molecule has 1 atom stereocenters. The second kappa shape index (κ2) is 8.52. The molecule has 13 heavy (non-hydrogen) atoms. The molecule has 0 aliphatic carbocycles. The first-order valence-electron chi connectivity index (χ1n) is 5.64. The van der Waals surface area contributed by atoms with Gasteiger partial charge < -0.3 is 0 Å². The first kappa shape index (κ1) is 15.4. The van der Waals surface area contributed by atoms with E-state index < -0.39 is 0 Å². The molecule has 82 valence electrons. The Morgan fingerprint density at radius 2 is 1.54 bits per heavy atom. The van der Waals surface area contributed by atoms with Gasteiger partial charge in [0.2, 0.25) is 0 Å². The summed E-state index contributed by atoms with van der Waals surface area (Å²) in [5.74, 6) is 0.236. The molecule has 0 heterocycles. The van der Waals surface area contributed by atoms with Crippen LogP contribution in [-0.2, 0) is 0 Å². The maximum atomic E-state index is 12.2. The molecule has 0 aromatic heterocycles. The molecule has 1 unspecified atom stereocenters. The summed E-state index contributed by atoms with van der Waals surface area (Å²) in [7, 11) is 0. The van der Waals surface area contributed by atoms with Gasteiger partial charge in [-0.25, -0.2) is 0 Å². The zero-order chi connectivity index (χ0) is 10.9. The fourth-order valence-corrected chi connectivity index (χ4v) is 1.43. The van der Waals surface area contributed by atoms with Crippen molar-refractivity contribution in [2.45, 2.75) is 60.8 Å². The third-order valence-electron chi connectivity index (χ3n) is 2.81. The minimum atomic E-state index is -0.171. The number of halogens is 1. The van der Waals surface area contributed by atoms with Crippen LogP contribution in [0.1, 0.15) is 60.8 Å². The second-order valence-corrected chi connectivity index (χ2v) is 3.98. The third kappa shape index (κ3) is 7.04. The van der Waals surface area contributed by atoms with Crippen molar-refractivity contribution in [3.8, 4) is 0 Å². The molecule has 0 radical (unpaired) electrons. The van der Waals surface area contributed by atoms with Crippen molar-refractivity contribution < 1.29 is 4.39 Å². The lowest BCUT2D eigenvalue weighted by atomic mass is 9.77. The Bertz CT molecular complexity index is 95.3. The summed E-state index contributed by atoms with van der Waals surface area (Å²) in [5, 5.41) is 0. The van der Waals surface area contributed by atoms with Crippen LogP contribution in [0.4, 0.5) is 4.39 Å². The van der Waals surface area contributed by atoms with Crippen LogP contribution in [-0.4, -0.2) is 6.67 Å². The predicted molar refractivity (Wildman–Crippen MR) is 59.8 cm³/mol. The van der Waals surface area contributed by atoms with Gasteiger partial charge in [0.25, 0.3) is 0 Å². The Hall–Kier alpha value is -0.0700. The van der Waals surface area contributed by atoms with Gasteiger partial charge in [-0.15, -0.1) is 0 Å². The lowest BCUT2D eigenvalue weighted by Gasteiger charge is -2.28. The van der Waals surface area contributed by atoms with Gasteiger partial charge in [-0.3, -0.25) is 4.39 Å². The second-order valence-electron chi connectivity index (χ2n) is 3.98. The quantitative estimate of drug-likeness (QED) is 0.582. The molecule has 0 rings (SSSR count). The van der Waals surface area contributed by atoms with Gasteiger partial charge in [-0.2, -0.15) is 0 Å². The summed E-state index contributed by atoms with van der Waals surface area (Å²) in [4.78, 5) is 0. The lowest BCUT2D eigenvalue weighted by molar-refractivity contribution is 0.206. The summed E-state index contributed by atoms with van der Waals surface area (Å²) in [6.45, 7) is 12.4. The van der Waals surface area contributed by atoms with E-state index in [0.717, 1.165) is 19.3 Å². The molecule has 0 spiro atoms. The Kier molecular flexibility index (Phi) is 10.1. The number of alkyl halides is 1. The minimum Gasteiger partial charge on any atom is -0.251 e. The van der Waals surface area contributed by atoms with E-state index in [-0.39, 0.29) is 12.6 Å². The van der Waals surface area contributed by atoms with Crippen LogP contribution < -0.4 is 0 Å². The highest BCUT2D eigenvalue weighted by atomic mass is 19.1. The zero-order valence-electron chi connectivity index (χ0n) is 10.3. The van der Waals surface area contributed by atoms with Crippen molar-refractivity contribution in [1.29, 1.82) is 0 Å². The number of rotatable bonds is 5. The van der Waals surface area contributed by atoms with E-state index in [4.69, 9.17) is 0 Å². The molecule has 0 N–H and O–H groups in total. The Morgan fingerprint density at radius 1 is 1.15 bits per heavy atom. The van der Waals surface area contributed by atoms with Crippen molar-refractivity contribution >= 4 is 0 Å².